The number of aliphatic hydroxyl groups excluding tert-OH is 1. The van der Waals surface area contributed by atoms with Gasteiger partial charge in [-0.15, -0.1) is 20.4 Å². The maximum Gasteiger partial charge on any atom is 0.352 e. The molecule has 12 heteroatoms. The minimum atomic E-state index is -0.845. The molecule has 11 nitrogen and oxygen atoms in total. The number of hydrogen-bond donors (Lipinski definition) is 3. The number of aromatic nitrogens is 4. The van der Waals surface area contributed by atoms with Gasteiger partial charge < -0.3 is 20.3 Å². The van der Waals surface area contributed by atoms with E-state index in [1.165, 1.54) is 12.1 Å². The van der Waals surface area contributed by atoms with E-state index in [4.69, 9.17) is 4.74 Å². The van der Waals surface area contributed by atoms with Crippen molar-refractivity contribution in [3.8, 4) is 5.75 Å². The number of carbonyl (C=O) groups excluding carboxylic acids is 1. The molecule has 0 aliphatic rings. The fourth-order valence-electron chi connectivity index (χ4n) is 2.82. The molecule has 1 atom stereocenters. The van der Waals surface area contributed by atoms with Gasteiger partial charge in [-0.3, -0.25) is 0 Å². The molecule has 0 fully saturated rings. The molecule has 1 aromatic carbocycles. The first-order valence-corrected chi connectivity index (χ1v) is 10.6. The highest BCUT2D eigenvalue weighted by atomic mass is 32.1. The molecule has 0 saturated carbocycles. The summed E-state index contributed by atoms with van der Waals surface area (Å²) in [6.45, 7) is 3.77. The van der Waals surface area contributed by atoms with Gasteiger partial charge in [0.15, 0.2) is 22.3 Å². The van der Waals surface area contributed by atoms with Crippen molar-refractivity contribution < 1.29 is 19.7 Å². The van der Waals surface area contributed by atoms with Crippen LogP contribution in [0.3, 0.4) is 0 Å². The van der Waals surface area contributed by atoms with E-state index < -0.39 is 12.2 Å². The Bertz CT molecular complexity index is 1320. The predicted octanol–water partition coefficient (Wildman–Crippen LogP) is 4.07. The summed E-state index contributed by atoms with van der Waals surface area (Å²) in [6.07, 6.45) is -0.405. The Morgan fingerprint density at radius 1 is 1.19 bits per heavy atom. The van der Waals surface area contributed by atoms with Gasteiger partial charge in [0.1, 0.15) is 17.3 Å². The minimum absolute atomic E-state index is 0.107. The van der Waals surface area contributed by atoms with Crippen molar-refractivity contribution in [3.05, 3.63) is 35.2 Å². The molecule has 4 aromatic rings. The number of fused-ring (bicyclic) bond motifs is 3. The Morgan fingerprint density at radius 3 is 2.81 bits per heavy atom. The molecule has 0 aliphatic carbocycles. The molecule has 4 rings (SSSR count). The molecule has 3 aromatic heterocycles. The maximum absolute atomic E-state index is 12.1. The first-order valence-electron chi connectivity index (χ1n) is 9.79. The average Bonchev–Trinajstić information content (AvgIpc) is 3.24. The number of nitrogens with one attached hydrogen (secondary N) is 1. The monoisotopic (exact) mass is 453 g/mol. The number of hydrogen-bond acceptors (Lipinski definition) is 12. The second kappa shape index (κ2) is 9.16. The number of carbonyl (C=O) groups is 1. The summed E-state index contributed by atoms with van der Waals surface area (Å²) in [7, 11) is 0. The minimum Gasteiger partial charge on any atom is -0.504 e. The Kier molecular flexibility index (Phi) is 6.14. The van der Waals surface area contributed by atoms with E-state index in [2.05, 4.69) is 35.1 Å². The summed E-state index contributed by atoms with van der Waals surface area (Å²) in [6, 6.07) is 8.10. The molecule has 0 amide bonds. The molecule has 32 heavy (non-hydrogen) atoms. The van der Waals surface area contributed by atoms with E-state index in [0.717, 1.165) is 11.5 Å². The number of rotatable bonds is 7. The van der Waals surface area contributed by atoms with Gasteiger partial charge in [0.05, 0.1) is 17.8 Å². The zero-order chi connectivity index (χ0) is 22.7. The quantitative estimate of drug-likeness (QED) is 0.213. The SMILES string of the molecule is CCOC(=O)c1snc2c1nnc1ccc(N=Nc3ccc(O)c(NC(O)CC)n3)cc12. The predicted molar refractivity (Wildman–Crippen MR) is 119 cm³/mol. The summed E-state index contributed by atoms with van der Waals surface area (Å²) in [5.41, 5.74) is 2.01. The zero-order valence-corrected chi connectivity index (χ0v) is 18.0. The van der Waals surface area contributed by atoms with Crippen LogP contribution >= 0.6 is 11.5 Å². The third kappa shape index (κ3) is 4.31. The smallest absolute Gasteiger partial charge is 0.352 e. The van der Waals surface area contributed by atoms with E-state index in [0.29, 0.717) is 38.9 Å². The summed E-state index contributed by atoms with van der Waals surface area (Å²) >= 11 is 1.01. The van der Waals surface area contributed by atoms with Crippen LogP contribution < -0.4 is 5.32 Å². The Hall–Kier alpha value is -3.77. The molecule has 0 spiro atoms. The third-order valence-corrected chi connectivity index (χ3v) is 5.26. The molecule has 0 radical (unpaired) electrons. The number of benzene rings is 1. The lowest BCUT2D eigenvalue weighted by atomic mass is 10.2. The lowest BCUT2D eigenvalue weighted by Gasteiger charge is -2.12. The number of nitrogens with zero attached hydrogens (tertiary/aromatic N) is 6. The van der Waals surface area contributed by atoms with Crippen LogP contribution in [-0.2, 0) is 4.74 Å². The standard InChI is InChI=1S/C20H19N7O4S/c1-3-15(29)22-19-13(28)7-8-14(21-19)25-23-10-5-6-12-11(9-10)16-17(26-24-12)18(32-27-16)20(30)31-4-2/h5-9,15,28-29H,3-4H2,1-2H3,(H,21,22). The molecule has 164 valence electrons. The molecule has 3 heterocycles. The van der Waals surface area contributed by atoms with Crippen molar-refractivity contribution in [3.63, 3.8) is 0 Å². The molecule has 1 unspecified atom stereocenters. The third-order valence-electron chi connectivity index (χ3n) is 4.44. The zero-order valence-electron chi connectivity index (χ0n) is 17.2. The van der Waals surface area contributed by atoms with Crippen LogP contribution in [0.5, 0.6) is 5.75 Å². The average molecular weight is 453 g/mol. The molecule has 0 bridgehead atoms. The van der Waals surface area contributed by atoms with Crippen LogP contribution in [0.15, 0.2) is 40.6 Å². The highest BCUT2D eigenvalue weighted by Crippen LogP contribution is 2.30. The van der Waals surface area contributed by atoms with Gasteiger partial charge in [-0.2, -0.15) is 4.37 Å². The van der Waals surface area contributed by atoms with Crippen molar-refractivity contribution >= 4 is 56.8 Å². The molecule has 0 saturated heterocycles. The first kappa shape index (κ1) is 21.5. The van der Waals surface area contributed by atoms with Gasteiger partial charge in [-0.25, -0.2) is 9.78 Å². The van der Waals surface area contributed by atoms with Crippen LogP contribution in [0.25, 0.3) is 21.9 Å². The summed E-state index contributed by atoms with van der Waals surface area (Å²) in [5, 5.41) is 39.6. The lowest BCUT2D eigenvalue weighted by molar-refractivity contribution is 0.0534. The van der Waals surface area contributed by atoms with Crippen LogP contribution in [0.2, 0.25) is 0 Å². The van der Waals surface area contributed by atoms with Gasteiger partial charge in [-0.1, -0.05) is 6.92 Å². The van der Waals surface area contributed by atoms with E-state index in [9.17, 15) is 15.0 Å². The summed E-state index contributed by atoms with van der Waals surface area (Å²) in [4.78, 5) is 16.6. The normalized spacial score (nSPS) is 12.5. The van der Waals surface area contributed by atoms with Gasteiger partial charge in [0, 0.05) is 5.39 Å². The van der Waals surface area contributed by atoms with Crippen molar-refractivity contribution in [2.75, 3.05) is 11.9 Å². The van der Waals surface area contributed by atoms with Gasteiger partial charge in [0.2, 0.25) is 0 Å². The number of esters is 1. The number of anilines is 1. The molecular formula is C20H19N7O4S. The summed E-state index contributed by atoms with van der Waals surface area (Å²) < 4.78 is 9.41. The maximum atomic E-state index is 12.1. The fraction of sp³-hybridized carbons (Fsp3) is 0.250. The van der Waals surface area contributed by atoms with Crippen molar-refractivity contribution in [2.24, 2.45) is 10.2 Å². The van der Waals surface area contributed by atoms with Gasteiger partial charge >= 0.3 is 5.97 Å². The van der Waals surface area contributed by atoms with Gasteiger partial charge in [-0.05, 0) is 55.2 Å². The molecule has 0 aliphatic heterocycles. The summed E-state index contributed by atoms with van der Waals surface area (Å²) in [5.74, 6) is -0.241. The van der Waals surface area contributed by atoms with E-state index in [-0.39, 0.29) is 24.0 Å². The fourth-order valence-corrected chi connectivity index (χ4v) is 3.55. The first-order chi connectivity index (χ1) is 15.5. The van der Waals surface area contributed by atoms with Gasteiger partial charge in [0.25, 0.3) is 0 Å². The lowest BCUT2D eigenvalue weighted by Crippen LogP contribution is -2.17. The van der Waals surface area contributed by atoms with Crippen molar-refractivity contribution in [2.45, 2.75) is 26.5 Å². The second-order valence-corrected chi connectivity index (χ2v) is 7.41. The van der Waals surface area contributed by atoms with Crippen LogP contribution in [-0.4, -0.2) is 48.6 Å². The van der Waals surface area contributed by atoms with Crippen LogP contribution in [0.1, 0.15) is 29.9 Å². The van der Waals surface area contributed by atoms with E-state index >= 15 is 0 Å². The number of azo groups is 1. The number of aliphatic hydroxyl groups is 1. The number of pyridine rings is 1. The number of ether oxygens (including phenoxy) is 1. The Labute approximate surface area is 186 Å². The van der Waals surface area contributed by atoms with Crippen molar-refractivity contribution in [1.82, 2.24) is 19.6 Å². The second-order valence-electron chi connectivity index (χ2n) is 6.64. The number of aromatic hydroxyl groups is 1. The van der Waals surface area contributed by atoms with E-state index in [1.54, 1.807) is 32.0 Å². The highest BCUT2D eigenvalue weighted by Gasteiger charge is 2.19. The molecule has 3 N–H and O–H groups in total. The van der Waals surface area contributed by atoms with E-state index in [1.807, 2.05) is 0 Å². The highest BCUT2D eigenvalue weighted by molar-refractivity contribution is 7.09. The Morgan fingerprint density at radius 2 is 2.03 bits per heavy atom. The molecular weight excluding hydrogens is 434 g/mol. The van der Waals surface area contributed by atoms with Crippen LogP contribution in [0.4, 0.5) is 17.3 Å². The Balaban J connectivity index is 1.67. The van der Waals surface area contributed by atoms with Crippen LogP contribution in [0, 0.1) is 0 Å². The topological polar surface area (TPSA) is 155 Å². The van der Waals surface area contributed by atoms with Crippen molar-refractivity contribution in [1.29, 1.82) is 0 Å². The largest absolute Gasteiger partial charge is 0.504 e.